The topological polar surface area (TPSA) is 57.8 Å². The van der Waals surface area contributed by atoms with E-state index in [0.29, 0.717) is 27.3 Å². The first-order chi connectivity index (χ1) is 8.95. The molecule has 0 saturated carbocycles. The highest BCUT2D eigenvalue weighted by molar-refractivity contribution is 6.35. The van der Waals surface area contributed by atoms with Crippen LogP contribution < -0.4 is 5.32 Å². The van der Waals surface area contributed by atoms with Crippen LogP contribution in [0.4, 0.5) is 5.82 Å². The maximum atomic E-state index is 12.0. The highest BCUT2D eigenvalue weighted by Crippen LogP contribution is 2.20. The third-order valence-electron chi connectivity index (χ3n) is 2.59. The van der Waals surface area contributed by atoms with E-state index >= 15 is 0 Å². The molecule has 0 bridgehead atoms. The second-order valence-corrected chi connectivity index (χ2v) is 5.35. The molecule has 1 aromatic carbocycles. The molecule has 100 valence electrons. The monoisotopic (exact) mass is 297 g/mol. The minimum atomic E-state index is -0.300. The van der Waals surface area contributed by atoms with E-state index in [0.717, 1.165) is 5.69 Å². The molecule has 0 aliphatic rings. The van der Waals surface area contributed by atoms with Gasteiger partial charge >= 0.3 is 0 Å². The third-order valence-corrected chi connectivity index (χ3v) is 3.02. The van der Waals surface area contributed by atoms with Crippen molar-refractivity contribution >= 4 is 34.9 Å². The molecular formula is C13H13Cl2N3O. The number of hydrogen-bond donors (Lipinski definition) is 2. The number of halogens is 2. The summed E-state index contributed by atoms with van der Waals surface area (Å²) in [5.74, 6) is 0.495. The Balaban J connectivity index is 2.15. The lowest BCUT2D eigenvalue weighted by atomic mass is 10.1. The predicted molar refractivity (Wildman–Crippen MR) is 77.1 cm³/mol. The molecule has 1 heterocycles. The molecule has 2 aromatic rings. The molecule has 0 aliphatic heterocycles. The quantitative estimate of drug-likeness (QED) is 0.896. The Labute approximate surface area is 121 Å². The lowest BCUT2D eigenvalue weighted by Crippen LogP contribution is -2.12. The summed E-state index contributed by atoms with van der Waals surface area (Å²) >= 11 is 11.7. The van der Waals surface area contributed by atoms with Gasteiger partial charge in [0.25, 0.3) is 5.91 Å². The molecule has 0 aliphatic carbocycles. The number of amides is 1. The van der Waals surface area contributed by atoms with Gasteiger partial charge in [-0.1, -0.05) is 37.0 Å². The molecule has 6 heteroatoms. The number of nitrogens with zero attached hydrogens (tertiary/aromatic N) is 1. The van der Waals surface area contributed by atoms with Crippen molar-refractivity contribution in [3.8, 4) is 0 Å². The summed E-state index contributed by atoms with van der Waals surface area (Å²) in [5, 5.41) is 10.4. The summed E-state index contributed by atoms with van der Waals surface area (Å²) in [6.07, 6.45) is 0. The van der Waals surface area contributed by atoms with Gasteiger partial charge in [-0.15, -0.1) is 0 Å². The van der Waals surface area contributed by atoms with Crippen LogP contribution in [0.2, 0.25) is 10.0 Å². The molecule has 19 heavy (non-hydrogen) atoms. The van der Waals surface area contributed by atoms with Gasteiger partial charge in [-0.25, -0.2) is 0 Å². The number of nitrogens with one attached hydrogen (secondary N) is 2. The third kappa shape index (κ3) is 3.49. The number of aromatic amines is 1. The van der Waals surface area contributed by atoms with Crippen molar-refractivity contribution in [1.82, 2.24) is 10.2 Å². The van der Waals surface area contributed by atoms with Gasteiger partial charge in [0.2, 0.25) is 0 Å². The van der Waals surface area contributed by atoms with Gasteiger partial charge in [-0.05, 0) is 24.1 Å². The average molecular weight is 298 g/mol. The Morgan fingerprint density at radius 2 is 1.84 bits per heavy atom. The maximum Gasteiger partial charge on any atom is 0.256 e. The van der Waals surface area contributed by atoms with Crippen molar-refractivity contribution in [2.75, 3.05) is 5.32 Å². The summed E-state index contributed by atoms with van der Waals surface area (Å²) in [7, 11) is 0. The number of anilines is 1. The number of rotatable bonds is 3. The normalized spacial score (nSPS) is 10.8. The number of H-pyrrole nitrogens is 1. The zero-order valence-corrected chi connectivity index (χ0v) is 12.0. The van der Waals surface area contributed by atoms with Crippen LogP contribution >= 0.6 is 23.2 Å². The van der Waals surface area contributed by atoms with Crippen molar-refractivity contribution in [2.24, 2.45) is 0 Å². The van der Waals surface area contributed by atoms with E-state index in [1.165, 1.54) is 0 Å². The second-order valence-electron chi connectivity index (χ2n) is 4.48. The van der Waals surface area contributed by atoms with E-state index < -0.39 is 0 Å². The zero-order valence-electron chi connectivity index (χ0n) is 10.5. The van der Waals surface area contributed by atoms with E-state index in [1.54, 1.807) is 24.3 Å². The van der Waals surface area contributed by atoms with Crippen LogP contribution in [-0.2, 0) is 0 Å². The molecule has 0 atom stereocenters. The van der Waals surface area contributed by atoms with Gasteiger partial charge in [-0.2, -0.15) is 5.10 Å². The molecule has 2 rings (SSSR count). The van der Waals surface area contributed by atoms with Crippen molar-refractivity contribution in [3.05, 3.63) is 45.6 Å². The van der Waals surface area contributed by atoms with E-state index in [1.807, 2.05) is 13.8 Å². The SMILES string of the molecule is CC(C)c1cc(NC(=O)c2cc(Cl)cc(Cl)c2)n[nH]1. The van der Waals surface area contributed by atoms with E-state index in [9.17, 15) is 4.79 Å². The molecule has 1 aromatic heterocycles. The van der Waals surface area contributed by atoms with E-state index in [-0.39, 0.29) is 5.91 Å². The largest absolute Gasteiger partial charge is 0.305 e. The lowest BCUT2D eigenvalue weighted by molar-refractivity contribution is 0.102. The molecule has 0 radical (unpaired) electrons. The van der Waals surface area contributed by atoms with Crippen LogP contribution in [0, 0.1) is 0 Å². The van der Waals surface area contributed by atoms with Crippen molar-refractivity contribution in [1.29, 1.82) is 0 Å². The molecular weight excluding hydrogens is 285 g/mol. The van der Waals surface area contributed by atoms with Gasteiger partial charge in [0.05, 0.1) is 0 Å². The van der Waals surface area contributed by atoms with E-state index in [2.05, 4.69) is 15.5 Å². The second kappa shape index (κ2) is 5.63. The lowest BCUT2D eigenvalue weighted by Gasteiger charge is -2.03. The minimum absolute atomic E-state index is 0.300. The highest BCUT2D eigenvalue weighted by Gasteiger charge is 2.11. The Hall–Kier alpha value is -1.52. The average Bonchev–Trinajstić information content (AvgIpc) is 2.76. The Kier molecular flexibility index (Phi) is 4.12. The van der Waals surface area contributed by atoms with Crippen LogP contribution in [0.1, 0.15) is 35.8 Å². The summed E-state index contributed by atoms with van der Waals surface area (Å²) < 4.78 is 0. The molecule has 0 spiro atoms. The van der Waals surface area contributed by atoms with Crippen LogP contribution in [-0.4, -0.2) is 16.1 Å². The number of hydrogen-bond acceptors (Lipinski definition) is 2. The summed E-state index contributed by atoms with van der Waals surface area (Å²) in [4.78, 5) is 12.0. The standard InChI is InChI=1S/C13H13Cl2N3O/c1-7(2)11-6-12(18-17-11)16-13(19)8-3-9(14)5-10(15)4-8/h3-7H,1-2H3,(H2,16,17,18,19). The van der Waals surface area contributed by atoms with Gasteiger partial charge in [0, 0.05) is 27.4 Å². The van der Waals surface area contributed by atoms with Crippen LogP contribution in [0.25, 0.3) is 0 Å². The summed E-state index contributed by atoms with van der Waals surface area (Å²) in [6.45, 7) is 4.08. The number of benzene rings is 1. The Bertz CT molecular complexity index is 587. The molecule has 2 N–H and O–H groups in total. The molecule has 0 saturated heterocycles. The predicted octanol–water partition coefficient (Wildman–Crippen LogP) is 4.09. The van der Waals surface area contributed by atoms with Crippen LogP contribution in [0.15, 0.2) is 24.3 Å². The van der Waals surface area contributed by atoms with E-state index in [4.69, 9.17) is 23.2 Å². The van der Waals surface area contributed by atoms with Gasteiger partial charge in [0.1, 0.15) is 0 Å². The van der Waals surface area contributed by atoms with Crippen molar-refractivity contribution in [2.45, 2.75) is 19.8 Å². The number of carbonyl (C=O) groups excluding carboxylic acids is 1. The fourth-order valence-electron chi connectivity index (χ4n) is 1.57. The zero-order chi connectivity index (χ0) is 14.0. The van der Waals surface area contributed by atoms with Crippen molar-refractivity contribution < 1.29 is 4.79 Å². The van der Waals surface area contributed by atoms with Gasteiger partial charge < -0.3 is 5.32 Å². The van der Waals surface area contributed by atoms with Gasteiger partial charge in [0.15, 0.2) is 5.82 Å². The fraction of sp³-hybridized carbons (Fsp3) is 0.231. The smallest absolute Gasteiger partial charge is 0.256 e. The van der Waals surface area contributed by atoms with Crippen molar-refractivity contribution in [3.63, 3.8) is 0 Å². The van der Waals surface area contributed by atoms with Crippen LogP contribution in [0.5, 0.6) is 0 Å². The molecule has 0 unspecified atom stereocenters. The Morgan fingerprint density at radius 1 is 1.21 bits per heavy atom. The maximum absolute atomic E-state index is 12.0. The fourth-order valence-corrected chi connectivity index (χ4v) is 2.10. The van der Waals surface area contributed by atoms with Gasteiger partial charge in [-0.3, -0.25) is 9.89 Å². The summed E-state index contributed by atoms with van der Waals surface area (Å²) in [6, 6.07) is 6.48. The number of carbonyl (C=O) groups is 1. The first-order valence-electron chi connectivity index (χ1n) is 5.78. The van der Waals surface area contributed by atoms with Crippen LogP contribution in [0.3, 0.4) is 0 Å². The first-order valence-corrected chi connectivity index (χ1v) is 6.54. The molecule has 1 amide bonds. The Morgan fingerprint density at radius 3 is 2.37 bits per heavy atom. The first kappa shape index (κ1) is 13.9. The highest BCUT2D eigenvalue weighted by atomic mass is 35.5. The number of aromatic nitrogens is 2. The molecule has 0 fully saturated rings. The minimum Gasteiger partial charge on any atom is -0.305 e. The summed E-state index contributed by atoms with van der Waals surface area (Å²) in [5.41, 5.74) is 1.35. The molecule has 4 nitrogen and oxygen atoms in total.